The van der Waals surface area contributed by atoms with E-state index in [4.69, 9.17) is 4.74 Å². The van der Waals surface area contributed by atoms with Crippen molar-refractivity contribution < 1.29 is 18.3 Å². The molecule has 0 unspecified atom stereocenters. The fourth-order valence-corrected chi connectivity index (χ4v) is 4.94. The minimum absolute atomic E-state index is 0.0933. The fourth-order valence-electron chi connectivity index (χ4n) is 3.23. The molecule has 9 heteroatoms. The Morgan fingerprint density at radius 1 is 1.19 bits per heavy atom. The first kappa shape index (κ1) is 17.9. The van der Waals surface area contributed by atoms with Crippen LogP contribution in [0.15, 0.2) is 47.5 Å². The van der Waals surface area contributed by atoms with Crippen LogP contribution in [0, 0.1) is 0 Å². The van der Waals surface area contributed by atoms with E-state index in [1.807, 2.05) is 18.2 Å². The van der Waals surface area contributed by atoms with Gasteiger partial charge in [0.05, 0.1) is 30.3 Å². The molecule has 1 aromatic heterocycles. The van der Waals surface area contributed by atoms with Gasteiger partial charge in [0, 0.05) is 23.9 Å². The zero-order valence-corrected chi connectivity index (χ0v) is 15.8. The highest BCUT2D eigenvalue weighted by Crippen LogP contribution is 2.35. The summed E-state index contributed by atoms with van der Waals surface area (Å²) in [5.74, 6) is 0.638. The molecule has 8 nitrogen and oxygen atoms in total. The third-order valence-electron chi connectivity index (χ3n) is 4.84. The average molecular weight is 388 g/mol. The molecule has 2 heterocycles. The summed E-state index contributed by atoms with van der Waals surface area (Å²) in [7, 11) is -2.07. The highest BCUT2D eigenvalue weighted by atomic mass is 32.2. The van der Waals surface area contributed by atoms with Crippen LogP contribution < -0.4 is 4.74 Å². The minimum Gasteiger partial charge on any atom is -0.496 e. The Bertz CT molecular complexity index is 1090. The predicted octanol–water partition coefficient (Wildman–Crippen LogP) is 1.74. The van der Waals surface area contributed by atoms with E-state index in [0.29, 0.717) is 29.9 Å². The standard InChI is InChI=1S/C18H20N4O4S/c1-12(23)16-11-22(20-19-16)13-9-21(10-13)27(24,25)18-8-7-17(26-2)14-5-3-4-6-15(14)18/h3-8,11-13,23H,9-10H2,1-2H3/t12-/m0/s1. The average Bonchev–Trinajstić information content (AvgIpc) is 3.09. The van der Waals surface area contributed by atoms with Crippen LogP contribution in [0.2, 0.25) is 0 Å². The molecular weight excluding hydrogens is 368 g/mol. The second-order valence-corrected chi connectivity index (χ2v) is 8.49. The number of sulfonamides is 1. The van der Waals surface area contributed by atoms with Gasteiger partial charge < -0.3 is 9.84 Å². The van der Waals surface area contributed by atoms with Gasteiger partial charge in [-0.15, -0.1) is 5.10 Å². The van der Waals surface area contributed by atoms with Crippen molar-refractivity contribution in [2.24, 2.45) is 0 Å². The van der Waals surface area contributed by atoms with E-state index in [1.54, 1.807) is 43.1 Å². The number of hydrogen-bond acceptors (Lipinski definition) is 6. The Balaban J connectivity index is 1.61. The number of ether oxygens (including phenoxy) is 1. The molecule has 0 spiro atoms. The van der Waals surface area contributed by atoms with Crippen LogP contribution in [0.25, 0.3) is 10.8 Å². The van der Waals surface area contributed by atoms with Crippen LogP contribution in [0.4, 0.5) is 0 Å². The summed E-state index contributed by atoms with van der Waals surface area (Å²) < 4.78 is 34.6. The van der Waals surface area contributed by atoms with Gasteiger partial charge in [-0.25, -0.2) is 13.1 Å². The van der Waals surface area contributed by atoms with Gasteiger partial charge in [-0.3, -0.25) is 0 Å². The first-order valence-electron chi connectivity index (χ1n) is 8.57. The summed E-state index contributed by atoms with van der Waals surface area (Å²) >= 11 is 0. The maximum absolute atomic E-state index is 13.1. The molecule has 0 bridgehead atoms. The SMILES string of the molecule is COc1ccc(S(=O)(=O)N2CC(n3cc([C@H](C)O)nn3)C2)c2ccccc12. The zero-order chi connectivity index (χ0) is 19.2. The van der Waals surface area contributed by atoms with Crippen molar-refractivity contribution >= 4 is 20.8 Å². The molecule has 4 rings (SSSR count). The van der Waals surface area contributed by atoms with Crippen LogP contribution >= 0.6 is 0 Å². The Hall–Kier alpha value is -2.49. The molecule has 0 radical (unpaired) electrons. The van der Waals surface area contributed by atoms with Crippen molar-refractivity contribution in [2.75, 3.05) is 20.2 Å². The van der Waals surface area contributed by atoms with E-state index in [0.717, 1.165) is 5.39 Å². The van der Waals surface area contributed by atoms with Crippen molar-refractivity contribution in [3.63, 3.8) is 0 Å². The van der Waals surface area contributed by atoms with Crippen molar-refractivity contribution in [1.29, 1.82) is 0 Å². The minimum atomic E-state index is -3.64. The van der Waals surface area contributed by atoms with E-state index in [9.17, 15) is 13.5 Å². The molecule has 1 saturated heterocycles. The van der Waals surface area contributed by atoms with Crippen LogP contribution in [-0.2, 0) is 10.0 Å². The second kappa shape index (κ2) is 6.59. The van der Waals surface area contributed by atoms with Crippen LogP contribution in [0.1, 0.15) is 24.8 Å². The maximum atomic E-state index is 13.1. The lowest BCUT2D eigenvalue weighted by Crippen LogP contribution is -2.50. The van der Waals surface area contributed by atoms with Gasteiger partial charge in [-0.1, -0.05) is 29.5 Å². The number of aromatic nitrogens is 3. The Labute approximate surface area is 157 Å². The number of fused-ring (bicyclic) bond motifs is 1. The van der Waals surface area contributed by atoms with Gasteiger partial charge in [-0.2, -0.15) is 4.31 Å². The summed E-state index contributed by atoms with van der Waals surface area (Å²) in [6, 6.07) is 10.5. The first-order valence-corrected chi connectivity index (χ1v) is 10.0. The number of rotatable bonds is 5. The summed E-state index contributed by atoms with van der Waals surface area (Å²) in [5.41, 5.74) is 0.470. The lowest BCUT2D eigenvalue weighted by atomic mass is 10.1. The highest BCUT2D eigenvalue weighted by molar-refractivity contribution is 7.89. The molecule has 1 atom stereocenters. The maximum Gasteiger partial charge on any atom is 0.243 e. The van der Waals surface area contributed by atoms with E-state index in [1.165, 1.54) is 4.31 Å². The number of benzene rings is 2. The van der Waals surface area contributed by atoms with Crippen LogP contribution in [0.5, 0.6) is 5.75 Å². The number of aliphatic hydroxyl groups excluding tert-OH is 1. The second-order valence-electron chi connectivity index (χ2n) is 6.59. The number of hydrogen-bond donors (Lipinski definition) is 1. The van der Waals surface area contributed by atoms with E-state index in [2.05, 4.69) is 10.3 Å². The summed E-state index contributed by atoms with van der Waals surface area (Å²) in [5, 5.41) is 18.8. The molecule has 3 aromatic rings. The van der Waals surface area contributed by atoms with Crippen molar-refractivity contribution in [2.45, 2.75) is 24.0 Å². The van der Waals surface area contributed by atoms with Gasteiger partial charge in [0.2, 0.25) is 10.0 Å². The molecule has 142 valence electrons. The van der Waals surface area contributed by atoms with Gasteiger partial charge in [-0.05, 0) is 19.1 Å². The summed E-state index contributed by atoms with van der Waals surface area (Å²) in [6.45, 7) is 2.23. The number of nitrogens with zero attached hydrogens (tertiary/aromatic N) is 4. The molecule has 1 fully saturated rings. The molecule has 1 aliphatic heterocycles. The fraction of sp³-hybridized carbons (Fsp3) is 0.333. The number of methoxy groups -OCH3 is 1. The van der Waals surface area contributed by atoms with E-state index in [-0.39, 0.29) is 10.9 Å². The molecule has 2 aromatic carbocycles. The molecular formula is C18H20N4O4S. The van der Waals surface area contributed by atoms with Gasteiger partial charge in [0.15, 0.2) is 0 Å². The Kier molecular flexibility index (Phi) is 4.37. The normalized spacial score (nSPS) is 17.0. The Morgan fingerprint density at radius 3 is 2.52 bits per heavy atom. The van der Waals surface area contributed by atoms with Crippen molar-refractivity contribution in [3.8, 4) is 5.75 Å². The smallest absolute Gasteiger partial charge is 0.243 e. The third-order valence-corrected chi connectivity index (χ3v) is 6.73. The lowest BCUT2D eigenvalue weighted by molar-refractivity contribution is 0.187. The van der Waals surface area contributed by atoms with Crippen molar-refractivity contribution in [3.05, 3.63) is 48.3 Å². The van der Waals surface area contributed by atoms with E-state index < -0.39 is 16.1 Å². The largest absolute Gasteiger partial charge is 0.496 e. The molecule has 27 heavy (non-hydrogen) atoms. The molecule has 0 amide bonds. The third kappa shape index (κ3) is 2.97. The molecule has 0 aliphatic carbocycles. The first-order chi connectivity index (χ1) is 12.9. The highest BCUT2D eigenvalue weighted by Gasteiger charge is 2.39. The van der Waals surface area contributed by atoms with Crippen LogP contribution in [-0.4, -0.2) is 53.0 Å². The van der Waals surface area contributed by atoms with Crippen LogP contribution in [0.3, 0.4) is 0 Å². The quantitative estimate of drug-likeness (QED) is 0.715. The van der Waals surface area contributed by atoms with E-state index >= 15 is 0 Å². The molecule has 1 aliphatic rings. The lowest BCUT2D eigenvalue weighted by Gasteiger charge is -2.37. The summed E-state index contributed by atoms with van der Waals surface area (Å²) in [6.07, 6.45) is 0.951. The Morgan fingerprint density at radius 2 is 1.89 bits per heavy atom. The molecule has 1 N–H and O–H groups in total. The summed E-state index contributed by atoms with van der Waals surface area (Å²) in [4.78, 5) is 0.264. The monoisotopic (exact) mass is 388 g/mol. The van der Waals surface area contributed by atoms with Gasteiger partial charge in [0.1, 0.15) is 11.4 Å². The zero-order valence-electron chi connectivity index (χ0n) is 15.0. The van der Waals surface area contributed by atoms with Gasteiger partial charge in [0.25, 0.3) is 0 Å². The number of aliphatic hydroxyl groups is 1. The van der Waals surface area contributed by atoms with Crippen molar-refractivity contribution in [1.82, 2.24) is 19.3 Å². The van der Waals surface area contributed by atoms with Gasteiger partial charge >= 0.3 is 0 Å². The topological polar surface area (TPSA) is 97.6 Å². The molecule has 0 saturated carbocycles. The predicted molar refractivity (Wildman–Crippen MR) is 99.0 cm³/mol.